The fourth-order valence-corrected chi connectivity index (χ4v) is 5.75. The van der Waals surface area contributed by atoms with E-state index in [0.717, 1.165) is 5.52 Å². The Morgan fingerprint density at radius 2 is 1.38 bits per heavy atom. The van der Waals surface area contributed by atoms with Crippen LogP contribution in [-0.4, -0.2) is 19.5 Å². The van der Waals surface area contributed by atoms with E-state index in [-0.39, 0.29) is 5.41 Å². The molecular formula is C28H20N4. The molecule has 0 saturated carbocycles. The van der Waals surface area contributed by atoms with Gasteiger partial charge in [-0.1, -0.05) is 80.6 Å². The molecule has 152 valence electrons. The maximum absolute atomic E-state index is 4.56. The molecule has 2 aromatic heterocycles. The van der Waals surface area contributed by atoms with Crippen molar-refractivity contribution in [3.05, 3.63) is 96.6 Å². The Labute approximate surface area is 185 Å². The summed E-state index contributed by atoms with van der Waals surface area (Å²) in [5.41, 5.74) is 7.48. The molecule has 7 rings (SSSR count). The number of fused-ring (bicyclic) bond motifs is 10. The number of para-hydroxylation sites is 1. The van der Waals surface area contributed by atoms with Crippen molar-refractivity contribution in [2.75, 3.05) is 0 Å². The molecule has 4 heteroatoms. The number of hydrogen-bond acceptors (Lipinski definition) is 3. The molecule has 1 aliphatic rings. The van der Waals surface area contributed by atoms with Gasteiger partial charge >= 0.3 is 0 Å². The van der Waals surface area contributed by atoms with Crippen molar-refractivity contribution in [3.8, 4) is 17.1 Å². The van der Waals surface area contributed by atoms with Gasteiger partial charge in [0.05, 0.1) is 11.0 Å². The Balaban J connectivity index is 1.84. The second-order valence-electron chi connectivity index (χ2n) is 8.98. The predicted octanol–water partition coefficient (Wildman–Crippen LogP) is 6.43. The Kier molecular flexibility index (Phi) is 3.31. The van der Waals surface area contributed by atoms with Crippen molar-refractivity contribution in [2.24, 2.45) is 0 Å². The minimum absolute atomic E-state index is 0.159. The van der Waals surface area contributed by atoms with E-state index in [0.29, 0.717) is 5.95 Å². The third kappa shape index (κ3) is 2.04. The first-order valence-corrected chi connectivity index (χ1v) is 10.9. The van der Waals surface area contributed by atoms with Crippen LogP contribution in [0.1, 0.15) is 25.0 Å². The highest BCUT2D eigenvalue weighted by atomic mass is 15.2. The molecule has 0 unspecified atom stereocenters. The van der Waals surface area contributed by atoms with Gasteiger partial charge in [0.1, 0.15) is 12.7 Å². The summed E-state index contributed by atoms with van der Waals surface area (Å²) in [5, 5.41) is 5.04. The van der Waals surface area contributed by atoms with Crippen molar-refractivity contribution in [2.45, 2.75) is 19.3 Å². The average Bonchev–Trinajstić information content (AvgIpc) is 3.30. The zero-order valence-corrected chi connectivity index (χ0v) is 17.9. The largest absolute Gasteiger partial charge is 0.277 e. The lowest BCUT2D eigenvalue weighted by Gasteiger charge is -2.24. The third-order valence-corrected chi connectivity index (χ3v) is 7.00. The van der Waals surface area contributed by atoms with Crippen molar-refractivity contribution in [3.63, 3.8) is 0 Å². The highest BCUT2D eigenvalue weighted by molar-refractivity contribution is 6.26. The van der Waals surface area contributed by atoms with E-state index in [9.17, 15) is 0 Å². The van der Waals surface area contributed by atoms with E-state index in [1.165, 1.54) is 49.3 Å². The molecule has 0 amide bonds. The molecule has 0 radical (unpaired) electrons. The number of benzene rings is 4. The van der Waals surface area contributed by atoms with Crippen LogP contribution in [0.4, 0.5) is 0 Å². The topological polar surface area (TPSA) is 43.6 Å². The van der Waals surface area contributed by atoms with E-state index in [1.54, 1.807) is 12.7 Å². The molecule has 0 N–H and O–H groups in total. The Morgan fingerprint density at radius 3 is 2.19 bits per heavy atom. The number of nitrogens with zero attached hydrogens (tertiary/aromatic N) is 4. The molecule has 0 fully saturated rings. The highest BCUT2D eigenvalue weighted by Gasteiger charge is 2.40. The molecule has 6 aromatic rings. The summed E-state index contributed by atoms with van der Waals surface area (Å²) in [5.74, 6) is 0.649. The quantitative estimate of drug-likeness (QED) is 0.313. The van der Waals surface area contributed by atoms with Gasteiger partial charge in [-0.25, -0.2) is 15.0 Å². The minimum Gasteiger partial charge on any atom is -0.277 e. The van der Waals surface area contributed by atoms with Gasteiger partial charge in [-0.15, -0.1) is 0 Å². The lowest BCUT2D eigenvalue weighted by atomic mass is 9.80. The first-order chi connectivity index (χ1) is 15.7. The molecule has 4 nitrogen and oxygen atoms in total. The number of aromatic nitrogens is 4. The van der Waals surface area contributed by atoms with E-state index in [4.69, 9.17) is 0 Å². The summed E-state index contributed by atoms with van der Waals surface area (Å²) in [4.78, 5) is 13.2. The number of rotatable bonds is 1. The summed E-state index contributed by atoms with van der Waals surface area (Å²) >= 11 is 0. The van der Waals surface area contributed by atoms with Crippen LogP contribution in [-0.2, 0) is 5.41 Å². The van der Waals surface area contributed by atoms with Crippen LogP contribution >= 0.6 is 0 Å². The van der Waals surface area contributed by atoms with E-state index in [2.05, 4.69) is 106 Å². The maximum atomic E-state index is 4.56. The Bertz CT molecular complexity index is 1690. The van der Waals surface area contributed by atoms with Crippen molar-refractivity contribution in [1.29, 1.82) is 0 Å². The van der Waals surface area contributed by atoms with Crippen LogP contribution in [0.3, 0.4) is 0 Å². The first kappa shape index (κ1) is 17.6. The van der Waals surface area contributed by atoms with E-state index < -0.39 is 0 Å². The van der Waals surface area contributed by atoms with Crippen molar-refractivity contribution < 1.29 is 0 Å². The van der Waals surface area contributed by atoms with Crippen LogP contribution in [0.2, 0.25) is 0 Å². The van der Waals surface area contributed by atoms with Gasteiger partial charge in [-0.2, -0.15) is 0 Å². The lowest BCUT2D eigenvalue weighted by molar-refractivity contribution is 0.663. The van der Waals surface area contributed by atoms with Gasteiger partial charge in [-0.05, 0) is 39.1 Å². The van der Waals surface area contributed by atoms with Crippen LogP contribution in [0.25, 0.3) is 49.7 Å². The summed E-state index contributed by atoms with van der Waals surface area (Å²) in [6.45, 7) is 4.67. The second kappa shape index (κ2) is 6.01. The van der Waals surface area contributed by atoms with Gasteiger partial charge in [-0.3, -0.25) is 4.57 Å². The summed E-state index contributed by atoms with van der Waals surface area (Å²) in [7, 11) is 0. The number of hydrogen-bond donors (Lipinski definition) is 0. The second-order valence-corrected chi connectivity index (χ2v) is 8.98. The van der Waals surface area contributed by atoms with Crippen LogP contribution < -0.4 is 0 Å². The van der Waals surface area contributed by atoms with Crippen LogP contribution in [0.5, 0.6) is 0 Å². The van der Waals surface area contributed by atoms with Gasteiger partial charge in [0.15, 0.2) is 0 Å². The molecule has 0 bridgehead atoms. The van der Waals surface area contributed by atoms with Gasteiger partial charge in [0.25, 0.3) is 0 Å². The fourth-order valence-electron chi connectivity index (χ4n) is 5.75. The SMILES string of the molecule is CC1(C)c2ccccc2-c2c1c1c(c3ccccc23)c2ccccc2n1-c1ncncn1. The van der Waals surface area contributed by atoms with E-state index in [1.807, 2.05) is 0 Å². The summed E-state index contributed by atoms with van der Waals surface area (Å²) in [6, 6.07) is 26.2. The van der Waals surface area contributed by atoms with Gasteiger partial charge < -0.3 is 0 Å². The molecule has 32 heavy (non-hydrogen) atoms. The summed E-state index contributed by atoms with van der Waals surface area (Å²) < 4.78 is 2.23. The molecule has 2 heterocycles. The molecule has 0 aliphatic heterocycles. The highest BCUT2D eigenvalue weighted by Crippen LogP contribution is 2.55. The summed E-state index contributed by atoms with van der Waals surface area (Å²) in [6.07, 6.45) is 3.15. The minimum atomic E-state index is -0.159. The molecule has 1 aliphatic carbocycles. The zero-order chi connectivity index (χ0) is 21.4. The average molecular weight is 412 g/mol. The van der Waals surface area contributed by atoms with E-state index >= 15 is 0 Å². The molecule has 0 atom stereocenters. The van der Waals surface area contributed by atoms with Crippen molar-refractivity contribution in [1.82, 2.24) is 19.5 Å². The molecule has 0 spiro atoms. The molecular weight excluding hydrogens is 392 g/mol. The predicted molar refractivity (Wildman–Crippen MR) is 129 cm³/mol. The van der Waals surface area contributed by atoms with Gasteiger partial charge in [0, 0.05) is 16.2 Å². The van der Waals surface area contributed by atoms with Crippen LogP contribution in [0.15, 0.2) is 85.5 Å². The Morgan fingerprint density at radius 1 is 0.719 bits per heavy atom. The standard InChI is InChI=1S/C28H20N4/c1-28(2)21-13-7-5-11-19(21)23-17-9-3-4-10-18(17)24-20-12-6-8-14-22(20)32(26(24)25(23)28)27-30-15-29-16-31-27/h3-16H,1-2H3. The normalized spacial score (nSPS) is 14.2. The third-order valence-electron chi connectivity index (χ3n) is 7.00. The first-order valence-electron chi connectivity index (χ1n) is 10.9. The Hall–Kier alpha value is -4.05. The molecule has 0 saturated heterocycles. The molecule has 4 aromatic carbocycles. The monoisotopic (exact) mass is 412 g/mol. The maximum Gasteiger partial charge on any atom is 0.237 e. The van der Waals surface area contributed by atoms with Crippen molar-refractivity contribution >= 4 is 32.6 Å². The fraction of sp³-hybridized carbons (Fsp3) is 0.107. The smallest absolute Gasteiger partial charge is 0.237 e. The van der Waals surface area contributed by atoms with Crippen LogP contribution in [0, 0.1) is 0 Å². The van der Waals surface area contributed by atoms with Gasteiger partial charge in [0.2, 0.25) is 5.95 Å². The lowest BCUT2D eigenvalue weighted by Crippen LogP contribution is -2.17. The zero-order valence-electron chi connectivity index (χ0n) is 17.9.